The van der Waals surface area contributed by atoms with Gasteiger partial charge in [-0.05, 0) is 12.1 Å². The Morgan fingerprint density at radius 1 is 1.50 bits per heavy atom. The van der Waals surface area contributed by atoms with E-state index in [1.807, 2.05) is 12.1 Å². The standard InChI is InChI=1S/C12H13ClN3/c1-12(2,11-5-7-15-16-11)8-10-9(13)4-3-6-14-10/h3-4,6-7H,8H2,1-2H3,(H,15,16). The van der Waals surface area contributed by atoms with Gasteiger partial charge in [-0.1, -0.05) is 25.4 Å². The molecule has 0 unspecified atom stereocenters. The lowest BCUT2D eigenvalue weighted by Gasteiger charge is -2.21. The first-order valence-corrected chi connectivity index (χ1v) is 5.49. The van der Waals surface area contributed by atoms with Crippen molar-refractivity contribution in [2.24, 2.45) is 0 Å². The maximum atomic E-state index is 6.09. The molecule has 2 heterocycles. The molecule has 0 aliphatic carbocycles. The average Bonchev–Trinajstić information content (AvgIpc) is 2.75. The van der Waals surface area contributed by atoms with E-state index in [2.05, 4.69) is 35.1 Å². The maximum Gasteiger partial charge on any atom is 0.0761 e. The Balaban J connectivity index is 2.25. The highest BCUT2D eigenvalue weighted by Crippen LogP contribution is 2.27. The second-order valence-electron chi connectivity index (χ2n) is 4.37. The smallest absolute Gasteiger partial charge is 0.0761 e. The normalized spacial score (nSPS) is 11.7. The van der Waals surface area contributed by atoms with E-state index in [0.29, 0.717) is 5.02 Å². The zero-order valence-electron chi connectivity index (χ0n) is 9.29. The topological polar surface area (TPSA) is 41.6 Å². The third-order valence-corrected chi connectivity index (χ3v) is 2.88. The van der Waals surface area contributed by atoms with Crippen LogP contribution in [0.25, 0.3) is 0 Å². The molecule has 0 atom stereocenters. The van der Waals surface area contributed by atoms with E-state index in [4.69, 9.17) is 11.6 Å². The van der Waals surface area contributed by atoms with Crippen molar-refractivity contribution in [2.75, 3.05) is 0 Å². The number of halogens is 1. The van der Waals surface area contributed by atoms with Crippen LogP contribution in [0.4, 0.5) is 0 Å². The molecule has 3 nitrogen and oxygen atoms in total. The Morgan fingerprint density at radius 3 is 2.94 bits per heavy atom. The van der Waals surface area contributed by atoms with Crippen LogP contribution in [0.3, 0.4) is 0 Å². The molecule has 0 aromatic carbocycles. The van der Waals surface area contributed by atoms with E-state index in [1.165, 1.54) is 0 Å². The predicted molar refractivity (Wildman–Crippen MR) is 63.4 cm³/mol. The minimum atomic E-state index is -0.127. The van der Waals surface area contributed by atoms with Crippen molar-refractivity contribution in [3.05, 3.63) is 47.0 Å². The molecule has 83 valence electrons. The molecule has 1 radical (unpaired) electrons. The number of aromatic nitrogens is 3. The monoisotopic (exact) mass is 234 g/mol. The fourth-order valence-electron chi connectivity index (χ4n) is 1.63. The van der Waals surface area contributed by atoms with Gasteiger partial charge in [-0.3, -0.25) is 10.1 Å². The van der Waals surface area contributed by atoms with Crippen LogP contribution in [-0.4, -0.2) is 15.2 Å². The summed E-state index contributed by atoms with van der Waals surface area (Å²) in [6, 6.07) is 6.77. The number of pyridine rings is 1. The van der Waals surface area contributed by atoms with Crippen LogP contribution in [0, 0.1) is 6.07 Å². The number of nitrogens with one attached hydrogen (secondary N) is 1. The first kappa shape index (κ1) is 11.1. The Kier molecular flexibility index (Phi) is 2.97. The van der Waals surface area contributed by atoms with Gasteiger partial charge in [0.2, 0.25) is 0 Å². The molecule has 2 aromatic rings. The Morgan fingerprint density at radius 2 is 2.31 bits per heavy atom. The summed E-state index contributed by atoms with van der Waals surface area (Å²) in [6.45, 7) is 4.20. The minimum Gasteiger partial charge on any atom is -0.285 e. The molecule has 0 fully saturated rings. The zero-order chi connectivity index (χ0) is 11.6. The summed E-state index contributed by atoms with van der Waals surface area (Å²) in [5.74, 6) is 0. The molecule has 4 heteroatoms. The fraction of sp³-hybridized carbons (Fsp3) is 0.333. The zero-order valence-corrected chi connectivity index (χ0v) is 10.0. The van der Waals surface area contributed by atoms with Gasteiger partial charge in [-0.25, -0.2) is 0 Å². The number of hydrogen-bond acceptors (Lipinski definition) is 2. The van der Waals surface area contributed by atoms with Crippen LogP contribution in [0.15, 0.2) is 24.5 Å². The van der Waals surface area contributed by atoms with Gasteiger partial charge in [0.15, 0.2) is 0 Å². The highest BCUT2D eigenvalue weighted by atomic mass is 35.5. The molecule has 0 aliphatic rings. The fourth-order valence-corrected chi connectivity index (χ4v) is 1.82. The van der Waals surface area contributed by atoms with E-state index < -0.39 is 0 Å². The Bertz CT molecular complexity index is 463. The maximum absolute atomic E-state index is 6.09. The molecular formula is C12H13ClN3. The van der Waals surface area contributed by atoms with Gasteiger partial charge < -0.3 is 0 Å². The second-order valence-corrected chi connectivity index (χ2v) is 4.78. The second kappa shape index (κ2) is 4.26. The van der Waals surface area contributed by atoms with Crippen molar-refractivity contribution in [3.63, 3.8) is 0 Å². The molecule has 0 saturated heterocycles. The van der Waals surface area contributed by atoms with Crippen LogP contribution < -0.4 is 0 Å². The van der Waals surface area contributed by atoms with E-state index in [1.54, 1.807) is 12.4 Å². The van der Waals surface area contributed by atoms with Crippen LogP contribution >= 0.6 is 11.6 Å². The lowest BCUT2D eigenvalue weighted by molar-refractivity contribution is 0.497. The number of rotatable bonds is 3. The molecule has 0 spiro atoms. The molecule has 0 saturated carbocycles. The van der Waals surface area contributed by atoms with Gasteiger partial charge in [0, 0.05) is 30.3 Å². The number of H-pyrrole nitrogens is 1. The van der Waals surface area contributed by atoms with E-state index >= 15 is 0 Å². The van der Waals surface area contributed by atoms with Gasteiger partial charge in [-0.2, -0.15) is 5.10 Å². The van der Waals surface area contributed by atoms with Gasteiger partial charge >= 0.3 is 0 Å². The number of nitrogens with zero attached hydrogens (tertiary/aromatic N) is 2. The van der Waals surface area contributed by atoms with Crippen molar-refractivity contribution in [3.8, 4) is 0 Å². The van der Waals surface area contributed by atoms with Gasteiger partial charge in [-0.15, -0.1) is 0 Å². The van der Waals surface area contributed by atoms with Crippen molar-refractivity contribution in [2.45, 2.75) is 25.7 Å². The summed E-state index contributed by atoms with van der Waals surface area (Å²) < 4.78 is 0. The van der Waals surface area contributed by atoms with Gasteiger partial charge in [0.1, 0.15) is 0 Å². The molecule has 2 rings (SSSR count). The first-order chi connectivity index (χ1) is 7.59. The Hall–Kier alpha value is -1.35. The third-order valence-electron chi connectivity index (χ3n) is 2.53. The van der Waals surface area contributed by atoms with E-state index in [9.17, 15) is 0 Å². The summed E-state index contributed by atoms with van der Waals surface area (Å²) >= 11 is 6.09. The summed E-state index contributed by atoms with van der Waals surface area (Å²) in [5, 5.41) is 7.64. The van der Waals surface area contributed by atoms with Gasteiger partial charge in [0.25, 0.3) is 0 Å². The molecule has 1 N–H and O–H groups in total. The summed E-state index contributed by atoms with van der Waals surface area (Å²) in [4.78, 5) is 4.29. The van der Waals surface area contributed by atoms with Crippen LogP contribution in [0.5, 0.6) is 0 Å². The summed E-state index contributed by atoms with van der Waals surface area (Å²) in [6.07, 6.45) is 4.21. The predicted octanol–water partition coefficient (Wildman–Crippen LogP) is 2.78. The SMILES string of the molecule is CC(C)(Cc1ncccc1Cl)c1[c]c[nH]n1. The average molecular weight is 235 g/mol. The van der Waals surface area contributed by atoms with Crippen LogP contribution in [0.2, 0.25) is 5.02 Å². The Labute approximate surface area is 99.9 Å². The van der Waals surface area contributed by atoms with Crippen LogP contribution in [0.1, 0.15) is 25.2 Å². The van der Waals surface area contributed by atoms with Crippen molar-refractivity contribution in [1.29, 1.82) is 0 Å². The minimum absolute atomic E-state index is 0.127. The van der Waals surface area contributed by atoms with E-state index in [0.717, 1.165) is 17.8 Å². The molecule has 16 heavy (non-hydrogen) atoms. The highest BCUT2D eigenvalue weighted by molar-refractivity contribution is 6.31. The first-order valence-electron chi connectivity index (χ1n) is 5.11. The summed E-state index contributed by atoms with van der Waals surface area (Å²) in [7, 11) is 0. The van der Waals surface area contributed by atoms with Crippen molar-refractivity contribution >= 4 is 11.6 Å². The molecule has 2 aromatic heterocycles. The summed E-state index contributed by atoms with van der Waals surface area (Å²) in [5.41, 5.74) is 1.66. The molecule has 0 bridgehead atoms. The van der Waals surface area contributed by atoms with Gasteiger partial charge in [0.05, 0.1) is 16.4 Å². The lowest BCUT2D eigenvalue weighted by atomic mass is 9.84. The van der Waals surface area contributed by atoms with Crippen molar-refractivity contribution < 1.29 is 0 Å². The number of aromatic amines is 1. The van der Waals surface area contributed by atoms with E-state index in [-0.39, 0.29) is 5.41 Å². The molecule has 0 aliphatic heterocycles. The quantitative estimate of drug-likeness (QED) is 0.887. The van der Waals surface area contributed by atoms with Crippen LogP contribution in [-0.2, 0) is 11.8 Å². The highest BCUT2D eigenvalue weighted by Gasteiger charge is 2.25. The van der Waals surface area contributed by atoms with Crippen molar-refractivity contribution in [1.82, 2.24) is 15.2 Å². The molecule has 0 amide bonds. The number of hydrogen-bond donors (Lipinski definition) is 1. The third kappa shape index (κ3) is 2.25. The largest absolute Gasteiger partial charge is 0.285 e. The molecular weight excluding hydrogens is 222 g/mol. The lowest BCUT2D eigenvalue weighted by Crippen LogP contribution is -2.22.